The molecule has 0 aliphatic rings. The summed E-state index contributed by atoms with van der Waals surface area (Å²) in [6, 6.07) is 10.9. The molecular weight excluding hydrogens is 248 g/mol. The van der Waals surface area contributed by atoms with Crippen LogP contribution >= 0.6 is 0 Å². The summed E-state index contributed by atoms with van der Waals surface area (Å²) < 4.78 is 15.5. The lowest BCUT2D eigenvalue weighted by Crippen LogP contribution is -2.14. The van der Waals surface area contributed by atoms with Crippen LogP contribution in [0.15, 0.2) is 47.4 Å². The Hall–Kier alpha value is -1.72. The average Bonchev–Trinajstić information content (AvgIpc) is 2.32. The molecule has 1 aromatic carbocycles. The van der Waals surface area contributed by atoms with Crippen LogP contribution in [0.5, 0.6) is 0 Å². The highest BCUT2D eigenvalue weighted by Crippen LogP contribution is 2.21. The number of nitrogens with zero attached hydrogens (tertiary/aromatic N) is 1. The predicted octanol–water partition coefficient (Wildman–Crippen LogP) is 1.76. The molecule has 4 nitrogen and oxygen atoms in total. The second kappa shape index (κ2) is 5.29. The molecule has 0 aliphatic carbocycles. The summed E-state index contributed by atoms with van der Waals surface area (Å²) in [5.74, 6) is 0. The third-order valence-corrected chi connectivity index (χ3v) is 3.07. The molecule has 18 heavy (non-hydrogen) atoms. The summed E-state index contributed by atoms with van der Waals surface area (Å²) in [6.07, 6.45) is 3.36. The van der Waals surface area contributed by atoms with Crippen LogP contribution < -0.4 is 10.3 Å². The van der Waals surface area contributed by atoms with Gasteiger partial charge in [-0.1, -0.05) is 12.1 Å². The summed E-state index contributed by atoms with van der Waals surface area (Å²) in [5.41, 5.74) is 2.67. The van der Waals surface area contributed by atoms with Gasteiger partial charge in [-0.3, -0.25) is 4.79 Å². The summed E-state index contributed by atoms with van der Waals surface area (Å²) in [6.45, 7) is 0. The molecule has 0 saturated carbocycles. The molecular formula is C13H14N2O2S. The molecule has 0 spiro atoms. The number of pyridine rings is 1. The lowest BCUT2D eigenvalue weighted by Gasteiger charge is -2.09. The van der Waals surface area contributed by atoms with Crippen molar-refractivity contribution >= 4 is 17.0 Å². The zero-order valence-electron chi connectivity index (χ0n) is 10.2. The van der Waals surface area contributed by atoms with Crippen molar-refractivity contribution < 1.29 is 4.55 Å². The van der Waals surface area contributed by atoms with Crippen LogP contribution in [0.1, 0.15) is 0 Å². The number of anilines is 1. The number of aryl methyl sites for hydroxylation is 1. The molecule has 0 amide bonds. The number of rotatable bonds is 3. The maximum atomic E-state index is 11.3. The molecule has 94 valence electrons. The van der Waals surface area contributed by atoms with Gasteiger partial charge in [0.05, 0.1) is 17.0 Å². The van der Waals surface area contributed by atoms with Crippen molar-refractivity contribution in [3.05, 3.63) is 52.9 Å². The Bertz CT molecular complexity index is 608. The van der Waals surface area contributed by atoms with Crippen molar-refractivity contribution in [1.29, 1.82) is 0 Å². The summed E-state index contributed by atoms with van der Waals surface area (Å²) in [7, 11) is 1.72. The topological polar surface area (TPSA) is 57.1 Å². The Morgan fingerprint density at radius 2 is 2.00 bits per heavy atom. The first-order chi connectivity index (χ1) is 8.56. The fourth-order valence-electron chi connectivity index (χ4n) is 1.69. The van der Waals surface area contributed by atoms with Crippen molar-refractivity contribution in [3.8, 4) is 11.1 Å². The Balaban J connectivity index is 2.38. The van der Waals surface area contributed by atoms with E-state index in [0.717, 1.165) is 16.8 Å². The van der Waals surface area contributed by atoms with E-state index in [0.29, 0.717) is 0 Å². The predicted molar refractivity (Wildman–Crippen MR) is 74.8 cm³/mol. The maximum Gasteiger partial charge on any atom is 0.250 e. The molecule has 1 atom stereocenters. The van der Waals surface area contributed by atoms with Crippen LogP contribution in [0.25, 0.3) is 11.1 Å². The van der Waals surface area contributed by atoms with Crippen molar-refractivity contribution in [2.24, 2.45) is 7.05 Å². The lowest BCUT2D eigenvalue weighted by molar-refractivity contribution is 0.605. The molecule has 0 bridgehead atoms. The van der Waals surface area contributed by atoms with Gasteiger partial charge in [-0.25, -0.2) is 4.72 Å². The first-order valence-corrected chi connectivity index (χ1v) is 6.99. The number of benzene rings is 1. The monoisotopic (exact) mass is 262 g/mol. The molecule has 0 aliphatic heterocycles. The Morgan fingerprint density at radius 3 is 2.67 bits per heavy atom. The Labute approximate surface area is 109 Å². The largest absolute Gasteiger partial charge is 0.593 e. The van der Waals surface area contributed by atoms with E-state index in [1.807, 2.05) is 24.3 Å². The van der Waals surface area contributed by atoms with Crippen LogP contribution in [-0.4, -0.2) is 15.4 Å². The van der Waals surface area contributed by atoms with Crippen molar-refractivity contribution in [2.75, 3.05) is 11.0 Å². The zero-order chi connectivity index (χ0) is 13.1. The van der Waals surface area contributed by atoms with E-state index in [9.17, 15) is 9.35 Å². The highest BCUT2D eigenvalue weighted by atomic mass is 32.2. The molecule has 0 fully saturated rings. The van der Waals surface area contributed by atoms with Gasteiger partial charge in [0, 0.05) is 19.3 Å². The molecule has 0 saturated heterocycles. The minimum absolute atomic E-state index is 0.0392. The summed E-state index contributed by atoms with van der Waals surface area (Å²) >= 11 is -1.09. The minimum Gasteiger partial charge on any atom is -0.593 e. The van der Waals surface area contributed by atoms with E-state index in [1.54, 1.807) is 25.6 Å². The molecule has 1 unspecified atom stereocenters. The van der Waals surface area contributed by atoms with Gasteiger partial charge >= 0.3 is 0 Å². The van der Waals surface area contributed by atoms with Crippen LogP contribution in [-0.2, 0) is 18.4 Å². The maximum absolute atomic E-state index is 11.3. The van der Waals surface area contributed by atoms with Gasteiger partial charge in [0.15, 0.2) is 0 Å². The van der Waals surface area contributed by atoms with E-state index in [4.69, 9.17) is 0 Å². The van der Waals surface area contributed by atoms with E-state index in [1.165, 1.54) is 10.6 Å². The molecule has 0 radical (unpaired) electrons. The Morgan fingerprint density at radius 1 is 1.22 bits per heavy atom. The van der Waals surface area contributed by atoms with Crippen LogP contribution in [0.2, 0.25) is 0 Å². The van der Waals surface area contributed by atoms with Crippen molar-refractivity contribution in [2.45, 2.75) is 0 Å². The molecule has 1 aromatic heterocycles. The standard InChI is InChI=1S/C13H14N2O2S/c1-15-9-11(6-7-13(15)16)10-4-3-5-12(8-10)14-18(2)17/h3-9,14H,1-2H3. The fraction of sp³-hybridized carbons (Fsp3) is 0.154. The first kappa shape index (κ1) is 12.7. The normalized spacial score (nSPS) is 12.2. The lowest BCUT2D eigenvalue weighted by atomic mass is 10.1. The first-order valence-electron chi connectivity index (χ1n) is 5.43. The second-order valence-electron chi connectivity index (χ2n) is 4.00. The van der Waals surface area contributed by atoms with Gasteiger partial charge in [0.2, 0.25) is 5.56 Å². The van der Waals surface area contributed by atoms with E-state index in [-0.39, 0.29) is 5.56 Å². The third kappa shape index (κ3) is 2.94. The quantitative estimate of drug-likeness (QED) is 0.857. The summed E-state index contributed by atoms with van der Waals surface area (Å²) in [5, 5.41) is 0. The van der Waals surface area contributed by atoms with Crippen LogP contribution in [0.4, 0.5) is 5.69 Å². The van der Waals surface area contributed by atoms with E-state index >= 15 is 0 Å². The van der Waals surface area contributed by atoms with E-state index in [2.05, 4.69) is 4.72 Å². The fourth-order valence-corrected chi connectivity index (χ4v) is 2.15. The molecule has 5 heteroatoms. The Kier molecular flexibility index (Phi) is 3.74. The third-order valence-electron chi connectivity index (χ3n) is 2.54. The van der Waals surface area contributed by atoms with Crippen LogP contribution in [0, 0.1) is 0 Å². The van der Waals surface area contributed by atoms with Gasteiger partial charge in [-0.15, -0.1) is 0 Å². The van der Waals surface area contributed by atoms with Gasteiger partial charge in [0.1, 0.15) is 6.26 Å². The molecule has 2 rings (SSSR count). The smallest absolute Gasteiger partial charge is 0.250 e. The van der Waals surface area contributed by atoms with Gasteiger partial charge in [-0.2, -0.15) is 0 Å². The highest BCUT2D eigenvalue weighted by molar-refractivity contribution is 7.92. The van der Waals surface area contributed by atoms with E-state index < -0.39 is 11.4 Å². The number of hydrogen-bond acceptors (Lipinski definition) is 3. The average molecular weight is 262 g/mol. The number of hydrogen-bond donors (Lipinski definition) is 1. The molecule has 2 aromatic rings. The van der Waals surface area contributed by atoms with Crippen molar-refractivity contribution in [3.63, 3.8) is 0 Å². The van der Waals surface area contributed by atoms with Gasteiger partial charge in [-0.05, 0) is 29.3 Å². The summed E-state index contributed by atoms with van der Waals surface area (Å²) in [4.78, 5) is 11.3. The van der Waals surface area contributed by atoms with Crippen molar-refractivity contribution in [1.82, 2.24) is 4.57 Å². The van der Waals surface area contributed by atoms with Crippen LogP contribution in [0.3, 0.4) is 0 Å². The SMILES string of the molecule is Cn1cc(-c2cccc(N[S+](C)[O-])c2)ccc1=O. The highest BCUT2D eigenvalue weighted by Gasteiger charge is 2.03. The minimum atomic E-state index is -1.09. The van der Waals surface area contributed by atoms with Gasteiger partial charge < -0.3 is 9.12 Å². The number of aromatic nitrogens is 1. The molecule has 1 heterocycles. The number of nitrogens with one attached hydrogen (secondary N) is 1. The zero-order valence-corrected chi connectivity index (χ0v) is 11.0. The van der Waals surface area contributed by atoms with Gasteiger partial charge in [0.25, 0.3) is 0 Å². The second-order valence-corrected chi connectivity index (χ2v) is 5.12. The molecule has 1 N–H and O–H groups in total.